The molecule has 0 amide bonds. The molecule has 1 aromatic carbocycles. The van der Waals surface area contributed by atoms with Crippen LogP contribution in [-0.2, 0) is 14.4 Å². The normalized spacial score (nSPS) is 21.9. The summed E-state index contributed by atoms with van der Waals surface area (Å²) in [5.41, 5.74) is 2.67. The smallest absolute Gasteiger partial charge is 0.208 e. The molecule has 3 aliphatic rings. The molecule has 2 aliphatic heterocycles. The van der Waals surface area contributed by atoms with Crippen LogP contribution >= 0.6 is 11.8 Å². The van der Waals surface area contributed by atoms with Crippen molar-refractivity contribution in [3.05, 3.63) is 65.8 Å². The van der Waals surface area contributed by atoms with Crippen LogP contribution in [0.1, 0.15) is 91.5 Å². The Labute approximate surface area is 315 Å². The third-order valence-electron chi connectivity index (χ3n) is 8.65. The first-order valence-corrected chi connectivity index (χ1v) is 20.8. The predicted molar refractivity (Wildman–Crippen MR) is 223 cm³/mol. The molecule has 0 bridgehead atoms. The van der Waals surface area contributed by atoms with Crippen molar-refractivity contribution >= 4 is 38.4 Å². The maximum atomic E-state index is 13.9. The summed E-state index contributed by atoms with van der Waals surface area (Å²) < 4.78 is 21.0. The first-order valence-electron chi connectivity index (χ1n) is 18.1. The summed E-state index contributed by atoms with van der Waals surface area (Å²) in [6.07, 6.45) is 24.4. The Bertz CT molecular complexity index is 1510. The number of benzene rings is 1. The second kappa shape index (κ2) is 26.4. The minimum Gasteiger partial charge on any atom is -0.481 e. The Balaban J connectivity index is 0.000000543. The molecule has 2 heterocycles. The molecular formula is C41H63N5O3S2. The van der Waals surface area contributed by atoms with Crippen molar-refractivity contribution in [1.82, 2.24) is 14.5 Å². The van der Waals surface area contributed by atoms with Gasteiger partial charge in [-0.15, -0.1) is 12.3 Å². The fourth-order valence-electron chi connectivity index (χ4n) is 6.09. The summed E-state index contributed by atoms with van der Waals surface area (Å²) in [7, 11) is 1.25. The molecule has 0 radical (unpaired) electrons. The van der Waals surface area contributed by atoms with Gasteiger partial charge in [-0.3, -0.25) is 15.2 Å². The number of thioether (sulfide) groups is 1. The van der Waals surface area contributed by atoms with Crippen LogP contribution in [0.2, 0.25) is 0 Å². The molecule has 1 aliphatic carbocycles. The topological polar surface area (TPSA) is 89.8 Å². The molecule has 10 heteroatoms. The van der Waals surface area contributed by atoms with E-state index in [1.807, 2.05) is 19.9 Å². The molecule has 8 nitrogen and oxygen atoms in total. The van der Waals surface area contributed by atoms with Crippen molar-refractivity contribution < 1.29 is 14.1 Å². The lowest BCUT2D eigenvalue weighted by Crippen LogP contribution is -2.53. The van der Waals surface area contributed by atoms with E-state index >= 15 is 0 Å². The van der Waals surface area contributed by atoms with Gasteiger partial charge in [-0.2, -0.15) is 0 Å². The first-order chi connectivity index (χ1) is 24.6. The second-order valence-corrected chi connectivity index (χ2v) is 15.4. The van der Waals surface area contributed by atoms with Crippen molar-refractivity contribution in [2.45, 2.75) is 96.9 Å². The Morgan fingerprint density at radius 3 is 2.49 bits per heavy atom. The fourth-order valence-corrected chi connectivity index (χ4v) is 8.32. The summed E-state index contributed by atoms with van der Waals surface area (Å²) in [5.74, 6) is 9.00. The number of likely N-dealkylation sites (N-methyl/N-ethyl adjacent to an activating group) is 1. The van der Waals surface area contributed by atoms with E-state index in [1.165, 1.54) is 55.0 Å². The van der Waals surface area contributed by atoms with Gasteiger partial charge in [0.25, 0.3) is 0 Å². The van der Waals surface area contributed by atoms with Crippen molar-refractivity contribution in [2.24, 2.45) is 15.9 Å². The van der Waals surface area contributed by atoms with Gasteiger partial charge in [0.05, 0.1) is 35.3 Å². The van der Waals surface area contributed by atoms with Crippen molar-refractivity contribution in [1.29, 1.82) is 0 Å². The molecule has 4 rings (SSSR count). The van der Waals surface area contributed by atoms with E-state index in [4.69, 9.17) is 9.84 Å². The summed E-state index contributed by atoms with van der Waals surface area (Å²) in [6, 6.07) is 11.1. The lowest BCUT2D eigenvalue weighted by Gasteiger charge is -2.41. The number of aliphatic imine (C=N–C) groups is 2. The van der Waals surface area contributed by atoms with E-state index in [0.29, 0.717) is 29.4 Å². The molecule has 51 heavy (non-hydrogen) atoms. The number of nitrogens with one attached hydrogen (secondary N) is 1. The van der Waals surface area contributed by atoms with Gasteiger partial charge in [0, 0.05) is 30.6 Å². The summed E-state index contributed by atoms with van der Waals surface area (Å²) >= 11 is 1.39. The van der Waals surface area contributed by atoms with Crippen molar-refractivity contribution in [3.8, 4) is 24.5 Å². The molecule has 3 unspecified atom stereocenters. The zero-order valence-corrected chi connectivity index (χ0v) is 34.0. The number of ether oxygens (including phenoxy) is 1. The van der Waals surface area contributed by atoms with E-state index in [9.17, 15) is 4.21 Å². The summed E-state index contributed by atoms with van der Waals surface area (Å²) in [6.45, 7) is 15.2. The monoisotopic (exact) mass is 737 g/mol. The van der Waals surface area contributed by atoms with Gasteiger partial charge in [-0.1, -0.05) is 102 Å². The molecule has 1 aromatic rings. The quantitative estimate of drug-likeness (QED) is 0.121. The van der Waals surface area contributed by atoms with E-state index in [0.717, 1.165) is 36.9 Å². The van der Waals surface area contributed by atoms with Gasteiger partial charge in [-0.25, -0.2) is 13.5 Å². The number of amidine groups is 1. The number of allylic oxidation sites excluding steroid dienone is 2. The molecular weight excluding hydrogens is 675 g/mol. The van der Waals surface area contributed by atoms with Crippen LogP contribution < -0.4 is 5.32 Å². The molecule has 3 atom stereocenters. The highest BCUT2D eigenvalue weighted by molar-refractivity contribution is 8.13. The highest BCUT2D eigenvalue weighted by atomic mass is 32.2. The minimum absolute atomic E-state index is 0.248. The van der Waals surface area contributed by atoms with E-state index < -0.39 is 9.71 Å². The SMILES string of the molecule is C#CC.C=S(=O)(c1ccc(C(C)CC2CCCC2)cc1)N1CCN(C)C(C(/C=C\C)=C/CC)C1.CC.COC1=N/CSC(NC#CO)=NC/C=C\1. The first kappa shape index (κ1) is 45.6. The number of piperazine rings is 1. The Hall–Kier alpha value is -3.41. The largest absolute Gasteiger partial charge is 0.481 e. The predicted octanol–water partition coefficient (Wildman–Crippen LogP) is 8.08. The maximum absolute atomic E-state index is 13.9. The van der Waals surface area contributed by atoms with Crippen LogP contribution in [0.4, 0.5) is 0 Å². The third-order valence-corrected chi connectivity index (χ3v) is 11.6. The Morgan fingerprint density at radius 2 is 1.90 bits per heavy atom. The van der Waals surface area contributed by atoms with Crippen LogP contribution in [0.15, 0.2) is 75.1 Å². The Kier molecular flexibility index (Phi) is 23.6. The average Bonchev–Trinajstić information content (AvgIpc) is 3.69. The lowest BCUT2D eigenvalue weighted by atomic mass is 9.89. The summed E-state index contributed by atoms with van der Waals surface area (Å²) in [4.78, 5) is 11.6. The number of aliphatic hydroxyl groups excluding tert-OH is 1. The molecule has 0 aromatic heterocycles. The number of hydrogen-bond acceptors (Lipinski definition) is 8. The van der Waals surface area contributed by atoms with Crippen LogP contribution in [0, 0.1) is 30.4 Å². The molecule has 2 fully saturated rings. The van der Waals surface area contributed by atoms with E-state index in [1.54, 1.807) is 26.2 Å². The van der Waals surface area contributed by atoms with Crippen LogP contribution in [0.5, 0.6) is 0 Å². The van der Waals surface area contributed by atoms with Gasteiger partial charge in [0.15, 0.2) is 5.17 Å². The summed E-state index contributed by atoms with van der Waals surface area (Å²) in [5, 5.41) is 11.6. The maximum Gasteiger partial charge on any atom is 0.208 e. The standard InChI is InChI=1S/C27H42N2OS.C9H11N3O2S.C3H4.C2H6/c1-6-10-25(11-7-2)27-21-29(19-18-28(27)4)31(5,30)26-16-14-24(15-17-26)22(3)20-23-12-8-9-13-23;1-14-8-3-2-4-10-9(11-5-6-13)15-7-12-8;1-3-2;1-2/h6,10-11,14-17,22-23,27H,5,7-9,12-13,18-21H2,1-4H3;2-3,13H,4,7H2,1H3,(H,10,11);1H,2H3;1-2H3/b10-6-,25-11+;3-2-,12-8+;;. The lowest BCUT2D eigenvalue weighted by molar-refractivity contribution is 0.176. The number of methoxy groups -OCH3 is 1. The average molecular weight is 738 g/mol. The van der Waals surface area contributed by atoms with Gasteiger partial charge >= 0.3 is 0 Å². The number of terminal acetylenes is 1. The van der Waals surface area contributed by atoms with E-state index in [-0.39, 0.29) is 6.04 Å². The van der Waals surface area contributed by atoms with Crippen LogP contribution in [0.25, 0.3) is 0 Å². The second-order valence-electron chi connectivity index (χ2n) is 12.2. The van der Waals surface area contributed by atoms with Crippen molar-refractivity contribution in [3.63, 3.8) is 0 Å². The van der Waals surface area contributed by atoms with Gasteiger partial charge < -0.3 is 9.84 Å². The number of rotatable bonds is 8. The molecule has 1 saturated heterocycles. The zero-order chi connectivity index (χ0) is 38.1. The van der Waals surface area contributed by atoms with Crippen molar-refractivity contribution in [2.75, 3.05) is 46.2 Å². The van der Waals surface area contributed by atoms with Crippen LogP contribution in [-0.4, -0.2) is 87.7 Å². The Morgan fingerprint density at radius 1 is 1.24 bits per heavy atom. The number of aliphatic hydroxyl groups is 1. The molecule has 0 spiro atoms. The minimum atomic E-state index is -2.49. The fraction of sp³-hybridized carbons (Fsp3) is 0.537. The van der Waals surface area contributed by atoms with Gasteiger partial charge in [0.2, 0.25) is 5.90 Å². The highest BCUT2D eigenvalue weighted by Crippen LogP contribution is 2.34. The van der Waals surface area contributed by atoms with Crippen LogP contribution in [0.3, 0.4) is 0 Å². The molecule has 2 N–H and O–H groups in total. The number of hydrogen-bond donors (Lipinski definition) is 2. The van der Waals surface area contributed by atoms with E-state index in [2.05, 4.69) is 119 Å². The zero-order valence-electron chi connectivity index (χ0n) is 32.4. The third kappa shape index (κ3) is 16.2. The molecule has 1 saturated carbocycles. The molecule has 282 valence electrons. The number of nitrogens with zero attached hydrogens (tertiary/aromatic N) is 4. The van der Waals surface area contributed by atoms with Gasteiger partial charge in [0.1, 0.15) is 6.11 Å². The highest BCUT2D eigenvalue weighted by Gasteiger charge is 2.31. The van der Waals surface area contributed by atoms with Gasteiger partial charge in [-0.05, 0) is 80.8 Å².